The van der Waals surface area contributed by atoms with E-state index in [1.165, 1.54) is 16.9 Å². The summed E-state index contributed by atoms with van der Waals surface area (Å²) in [6.07, 6.45) is 1.53. The average Bonchev–Trinajstić information content (AvgIpc) is 2.87. The predicted molar refractivity (Wildman–Crippen MR) is 87.2 cm³/mol. The summed E-state index contributed by atoms with van der Waals surface area (Å²) in [6.45, 7) is 1.68. The predicted octanol–water partition coefficient (Wildman–Crippen LogP) is 4.71. The first-order chi connectivity index (χ1) is 10.4. The quantitative estimate of drug-likeness (QED) is 0.622. The Kier molecular flexibility index (Phi) is 5.20. The van der Waals surface area contributed by atoms with E-state index in [-0.39, 0.29) is 49.5 Å². The zero-order chi connectivity index (χ0) is 16.4. The first kappa shape index (κ1) is 16.9. The SMILES string of the molecule is CCC(=O)Nc1c(C#N)cnn1-c1c(Cl)cc(Cl)c(Cl)c1Cl. The van der Waals surface area contributed by atoms with Gasteiger partial charge in [0.1, 0.15) is 17.3 Å². The lowest BCUT2D eigenvalue weighted by Crippen LogP contribution is -2.15. The Hall–Kier alpha value is -1.45. The van der Waals surface area contributed by atoms with Crippen molar-refractivity contribution in [2.45, 2.75) is 13.3 Å². The molecule has 0 radical (unpaired) electrons. The number of nitrogens with one attached hydrogen (secondary N) is 1. The van der Waals surface area contributed by atoms with Crippen molar-refractivity contribution < 1.29 is 4.79 Å². The Balaban J connectivity index is 2.69. The van der Waals surface area contributed by atoms with Crippen LogP contribution in [0.3, 0.4) is 0 Å². The van der Waals surface area contributed by atoms with Crippen molar-refractivity contribution in [3.8, 4) is 11.8 Å². The van der Waals surface area contributed by atoms with Crippen molar-refractivity contribution in [3.63, 3.8) is 0 Å². The van der Waals surface area contributed by atoms with Crippen LogP contribution in [0.4, 0.5) is 5.82 Å². The van der Waals surface area contributed by atoms with Crippen LogP contribution in [0.2, 0.25) is 20.1 Å². The molecule has 0 fully saturated rings. The van der Waals surface area contributed by atoms with Gasteiger partial charge >= 0.3 is 0 Å². The van der Waals surface area contributed by atoms with Crippen LogP contribution < -0.4 is 5.32 Å². The molecule has 114 valence electrons. The average molecular weight is 378 g/mol. The molecular formula is C13H8Cl4N4O. The van der Waals surface area contributed by atoms with E-state index in [0.29, 0.717) is 0 Å². The summed E-state index contributed by atoms with van der Waals surface area (Å²) in [5.41, 5.74) is 0.394. The van der Waals surface area contributed by atoms with Gasteiger partial charge in [-0.2, -0.15) is 10.4 Å². The van der Waals surface area contributed by atoms with Gasteiger partial charge in [0.05, 0.1) is 26.3 Å². The molecule has 0 aliphatic rings. The zero-order valence-electron chi connectivity index (χ0n) is 11.1. The van der Waals surface area contributed by atoms with Gasteiger partial charge in [-0.1, -0.05) is 53.3 Å². The van der Waals surface area contributed by atoms with Crippen LogP contribution in [-0.2, 0) is 4.79 Å². The lowest BCUT2D eigenvalue weighted by molar-refractivity contribution is -0.115. The van der Waals surface area contributed by atoms with E-state index < -0.39 is 0 Å². The molecule has 1 aromatic carbocycles. The fourth-order valence-corrected chi connectivity index (χ4v) is 2.76. The summed E-state index contributed by atoms with van der Waals surface area (Å²) in [7, 11) is 0. The number of rotatable bonds is 3. The van der Waals surface area contributed by atoms with Crippen molar-refractivity contribution in [2.24, 2.45) is 0 Å². The lowest BCUT2D eigenvalue weighted by atomic mass is 10.3. The minimum atomic E-state index is -0.287. The van der Waals surface area contributed by atoms with Crippen molar-refractivity contribution >= 4 is 58.1 Å². The van der Waals surface area contributed by atoms with E-state index >= 15 is 0 Å². The molecule has 0 bridgehead atoms. The Bertz CT molecular complexity index is 794. The Morgan fingerprint density at radius 2 is 2.00 bits per heavy atom. The largest absolute Gasteiger partial charge is 0.309 e. The molecule has 1 amide bonds. The lowest BCUT2D eigenvalue weighted by Gasteiger charge is -2.13. The summed E-state index contributed by atoms with van der Waals surface area (Å²) in [5.74, 6) is -0.123. The van der Waals surface area contributed by atoms with E-state index in [0.717, 1.165) is 0 Å². The van der Waals surface area contributed by atoms with Gasteiger partial charge in [-0.15, -0.1) is 0 Å². The molecule has 22 heavy (non-hydrogen) atoms. The number of carbonyl (C=O) groups is 1. The Labute approximate surface area is 146 Å². The fraction of sp³-hybridized carbons (Fsp3) is 0.154. The molecule has 5 nitrogen and oxygen atoms in total. The maximum absolute atomic E-state index is 11.6. The molecule has 2 rings (SSSR count). The molecule has 1 aromatic heterocycles. The molecule has 0 atom stereocenters. The van der Waals surface area contributed by atoms with Gasteiger partial charge in [0.2, 0.25) is 5.91 Å². The van der Waals surface area contributed by atoms with Gasteiger partial charge in [-0.3, -0.25) is 4.79 Å². The van der Waals surface area contributed by atoms with E-state index in [2.05, 4.69) is 10.4 Å². The van der Waals surface area contributed by atoms with Crippen LogP contribution in [0.25, 0.3) is 5.69 Å². The van der Waals surface area contributed by atoms with Crippen LogP contribution in [0.15, 0.2) is 12.3 Å². The molecular weight excluding hydrogens is 370 g/mol. The van der Waals surface area contributed by atoms with Crippen molar-refractivity contribution in [2.75, 3.05) is 5.32 Å². The normalized spacial score (nSPS) is 10.4. The van der Waals surface area contributed by atoms with Gasteiger partial charge in [0.25, 0.3) is 0 Å². The number of anilines is 1. The third-order valence-corrected chi connectivity index (χ3v) is 4.31. The molecule has 0 aliphatic heterocycles. The number of halogens is 4. The monoisotopic (exact) mass is 376 g/mol. The Morgan fingerprint density at radius 3 is 2.59 bits per heavy atom. The summed E-state index contributed by atoms with van der Waals surface area (Å²) in [6, 6.07) is 3.35. The number of carbonyl (C=O) groups excluding carboxylic acids is 1. The highest BCUT2D eigenvalue weighted by molar-refractivity contribution is 6.50. The van der Waals surface area contributed by atoms with Crippen molar-refractivity contribution in [1.82, 2.24) is 9.78 Å². The van der Waals surface area contributed by atoms with Crippen LogP contribution in [0.5, 0.6) is 0 Å². The minimum Gasteiger partial charge on any atom is -0.309 e. The molecule has 0 spiro atoms. The Morgan fingerprint density at radius 1 is 1.32 bits per heavy atom. The van der Waals surface area contributed by atoms with Crippen LogP contribution in [-0.4, -0.2) is 15.7 Å². The maximum Gasteiger partial charge on any atom is 0.225 e. The van der Waals surface area contributed by atoms with Gasteiger partial charge in [0.15, 0.2) is 5.82 Å². The first-order valence-electron chi connectivity index (χ1n) is 6.02. The zero-order valence-corrected chi connectivity index (χ0v) is 14.1. The second-order valence-electron chi connectivity index (χ2n) is 4.15. The smallest absolute Gasteiger partial charge is 0.225 e. The third kappa shape index (κ3) is 3.01. The van der Waals surface area contributed by atoms with Gasteiger partial charge in [-0.05, 0) is 6.07 Å². The number of hydrogen-bond acceptors (Lipinski definition) is 3. The number of hydrogen-bond donors (Lipinski definition) is 1. The molecule has 0 unspecified atom stereocenters. The molecule has 1 heterocycles. The maximum atomic E-state index is 11.6. The highest BCUT2D eigenvalue weighted by Gasteiger charge is 2.21. The van der Waals surface area contributed by atoms with E-state index in [1.54, 1.807) is 6.92 Å². The minimum absolute atomic E-state index is 0.0683. The van der Waals surface area contributed by atoms with E-state index in [1.807, 2.05) is 6.07 Å². The topological polar surface area (TPSA) is 70.7 Å². The summed E-state index contributed by atoms with van der Waals surface area (Å²) in [4.78, 5) is 11.6. The van der Waals surface area contributed by atoms with Crippen molar-refractivity contribution in [1.29, 1.82) is 5.26 Å². The molecule has 2 aromatic rings. The van der Waals surface area contributed by atoms with Crippen LogP contribution in [0.1, 0.15) is 18.9 Å². The summed E-state index contributed by atoms with van der Waals surface area (Å²) < 4.78 is 1.25. The number of nitrogens with zero attached hydrogens (tertiary/aromatic N) is 3. The van der Waals surface area contributed by atoms with Gasteiger partial charge in [0, 0.05) is 6.42 Å². The summed E-state index contributed by atoms with van der Waals surface area (Å²) >= 11 is 24.2. The van der Waals surface area contributed by atoms with E-state index in [4.69, 9.17) is 51.7 Å². The molecule has 0 saturated heterocycles. The van der Waals surface area contributed by atoms with Crippen LogP contribution in [0, 0.1) is 11.3 Å². The molecule has 1 N–H and O–H groups in total. The van der Waals surface area contributed by atoms with E-state index in [9.17, 15) is 4.79 Å². The standard InChI is InChI=1S/C13H8Cl4N4O/c1-2-9(22)20-13-6(4-18)5-19-21(13)12-8(15)3-7(14)10(16)11(12)17/h3,5H,2H2,1H3,(H,20,22). The fourth-order valence-electron chi connectivity index (χ4n) is 1.69. The number of aromatic nitrogens is 2. The number of benzene rings is 1. The highest BCUT2D eigenvalue weighted by Crippen LogP contribution is 2.40. The summed E-state index contributed by atoms with van der Waals surface area (Å²) in [5, 5.41) is 16.3. The van der Waals surface area contributed by atoms with Crippen LogP contribution >= 0.6 is 46.4 Å². The van der Waals surface area contributed by atoms with Crippen molar-refractivity contribution in [3.05, 3.63) is 37.9 Å². The second kappa shape index (κ2) is 6.76. The first-order valence-corrected chi connectivity index (χ1v) is 7.53. The second-order valence-corrected chi connectivity index (χ2v) is 5.72. The van der Waals surface area contributed by atoms with Gasteiger partial charge in [-0.25, -0.2) is 4.68 Å². The number of amides is 1. The molecule has 0 saturated carbocycles. The molecule has 0 aliphatic carbocycles. The highest BCUT2D eigenvalue weighted by atomic mass is 35.5. The molecule has 9 heteroatoms. The third-order valence-electron chi connectivity index (χ3n) is 2.77. The number of nitriles is 1. The van der Waals surface area contributed by atoms with Gasteiger partial charge < -0.3 is 5.32 Å².